The fourth-order valence-electron chi connectivity index (χ4n) is 3.70. The molecule has 0 unspecified atom stereocenters. The maximum Gasteiger partial charge on any atom is 0.240 e. The Balaban J connectivity index is 1.85. The topological polar surface area (TPSA) is 55.9 Å². The van der Waals surface area contributed by atoms with Crippen LogP contribution in [0.3, 0.4) is 0 Å². The molecule has 2 fully saturated rings. The maximum atomic E-state index is 12.9. The van der Waals surface area contributed by atoms with Crippen molar-refractivity contribution in [1.29, 1.82) is 0 Å². The first-order valence-electron chi connectivity index (χ1n) is 9.83. The number of rotatable bonds is 7. The highest BCUT2D eigenvalue weighted by molar-refractivity contribution is 5.82. The molecule has 2 rings (SSSR count). The van der Waals surface area contributed by atoms with Crippen molar-refractivity contribution in [3.63, 3.8) is 0 Å². The summed E-state index contributed by atoms with van der Waals surface area (Å²) < 4.78 is 0. The summed E-state index contributed by atoms with van der Waals surface area (Å²) in [6.45, 7) is 15.6. The van der Waals surface area contributed by atoms with E-state index in [0.29, 0.717) is 6.04 Å². The van der Waals surface area contributed by atoms with E-state index in [2.05, 4.69) is 42.8 Å². The van der Waals surface area contributed by atoms with Gasteiger partial charge in [-0.15, -0.1) is 0 Å². The van der Waals surface area contributed by atoms with Crippen molar-refractivity contribution >= 4 is 11.8 Å². The van der Waals surface area contributed by atoms with Crippen LogP contribution in [-0.4, -0.2) is 82.9 Å². The molecule has 1 saturated heterocycles. The highest BCUT2D eigenvalue weighted by atomic mass is 16.2. The molecule has 0 radical (unpaired) electrons. The summed E-state index contributed by atoms with van der Waals surface area (Å²) in [7, 11) is 0. The summed E-state index contributed by atoms with van der Waals surface area (Å²) in [6.07, 6.45) is 2.24. The quantitative estimate of drug-likeness (QED) is 0.750. The Kier molecular flexibility index (Phi) is 6.86. The zero-order valence-electron chi connectivity index (χ0n) is 16.8. The molecule has 2 amide bonds. The minimum absolute atomic E-state index is 0.0865. The smallest absolute Gasteiger partial charge is 0.240 e. The van der Waals surface area contributed by atoms with Gasteiger partial charge in [-0.1, -0.05) is 0 Å². The predicted molar refractivity (Wildman–Crippen MR) is 100 cm³/mol. The van der Waals surface area contributed by atoms with Gasteiger partial charge in [0.25, 0.3) is 0 Å². The van der Waals surface area contributed by atoms with Crippen molar-refractivity contribution in [2.24, 2.45) is 0 Å². The van der Waals surface area contributed by atoms with Gasteiger partial charge < -0.3 is 10.2 Å². The molecule has 144 valence electrons. The van der Waals surface area contributed by atoms with Gasteiger partial charge in [-0.3, -0.25) is 19.4 Å². The van der Waals surface area contributed by atoms with Crippen LogP contribution in [-0.2, 0) is 9.59 Å². The van der Waals surface area contributed by atoms with Crippen LogP contribution in [0.2, 0.25) is 0 Å². The van der Waals surface area contributed by atoms with Gasteiger partial charge in [0.05, 0.1) is 12.1 Å². The molecule has 25 heavy (non-hydrogen) atoms. The molecule has 6 heteroatoms. The number of hydrogen-bond acceptors (Lipinski definition) is 4. The average molecular weight is 353 g/mol. The van der Waals surface area contributed by atoms with Gasteiger partial charge in [0.15, 0.2) is 0 Å². The third-order valence-electron chi connectivity index (χ3n) is 5.47. The zero-order chi connectivity index (χ0) is 18.7. The lowest BCUT2D eigenvalue weighted by atomic mass is 10.1. The second-order valence-electron chi connectivity index (χ2n) is 8.14. The third-order valence-corrected chi connectivity index (χ3v) is 5.47. The number of nitrogens with one attached hydrogen (secondary N) is 1. The Morgan fingerprint density at radius 2 is 1.28 bits per heavy atom. The average Bonchev–Trinajstić information content (AvgIpc) is 3.36. The summed E-state index contributed by atoms with van der Waals surface area (Å²) >= 11 is 0. The van der Waals surface area contributed by atoms with E-state index in [9.17, 15) is 9.59 Å². The Bertz CT molecular complexity index is 460. The molecule has 1 aliphatic heterocycles. The number of piperazine rings is 1. The summed E-state index contributed by atoms with van der Waals surface area (Å²) in [5.74, 6) is 0.351. The molecule has 0 aromatic rings. The molecule has 0 bridgehead atoms. The second kappa shape index (κ2) is 8.49. The molecule has 0 aromatic heterocycles. The number of carbonyl (C=O) groups is 2. The maximum absolute atomic E-state index is 12.9. The van der Waals surface area contributed by atoms with E-state index in [1.54, 1.807) is 0 Å². The molecule has 6 nitrogen and oxygen atoms in total. The van der Waals surface area contributed by atoms with Crippen molar-refractivity contribution in [3.05, 3.63) is 0 Å². The van der Waals surface area contributed by atoms with E-state index >= 15 is 0 Å². The lowest BCUT2D eigenvalue weighted by Crippen LogP contribution is -2.59. The third kappa shape index (κ3) is 5.17. The van der Waals surface area contributed by atoms with Crippen LogP contribution in [0, 0.1) is 0 Å². The minimum atomic E-state index is -0.109. The molecular formula is C19H36N4O2. The van der Waals surface area contributed by atoms with Gasteiger partial charge in [-0.25, -0.2) is 0 Å². The highest BCUT2D eigenvalue weighted by Crippen LogP contribution is 2.19. The standard InChI is InChI=1S/C19H36N4O2/c1-13(2)23(14(3)4)19(25)16(6)22-11-9-21(10-12-22)15(5)18(24)20-17-7-8-17/h13-17H,7-12H2,1-6H3,(H,20,24)/t15-,16+/m1/s1. The Labute approximate surface area is 152 Å². The van der Waals surface area contributed by atoms with E-state index in [0.717, 1.165) is 39.0 Å². The molecule has 0 aromatic carbocycles. The van der Waals surface area contributed by atoms with Crippen molar-refractivity contribution in [2.75, 3.05) is 26.2 Å². The van der Waals surface area contributed by atoms with Gasteiger partial charge >= 0.3 is 0 Å². The fourth-order valence-corrected chi connectivity index (χ4v) is 3.70. The van der Waals surface area contributed by atoms with E-state index in [1.165, 1.54) is 0 Å². The predicted octanol–water partition coefficient (Wildman–Crippen LogP) is 1.31. The van der Waals surface area contributed by atoms with Gasteiger partial charge in [-0.2, -0.15) is 0 Å². The van der Waals surface area contributed by atoms with Gasteiger partial charge in [-0.05, 0) is 54.4 Å². The number of hydrogen-bond donors (Lipinski definition) is 1. The van der Waals surface area contributed by atoms with E-state index < -0.39 is 0 Å². The van der Waals surface area contributed by atoms with Crippen LogP contribution >= 0.6 is 0 Å². The highest BCUT2D eigenvalue weighted by Gasteiger charge is 2.34. The molecule has 1 heterocycles. The first-order valence-corrected chi connectivity index (χ1v) is 9.83. The lowest BCUT2D eigenvalue weighted by Gasteiger charge is -2.42. The first-order chi connectivity index (χ1) is 11.7. The normalized spacial score (nSPS) is 22.1. The fraction of sp³-hybridized carbons (Fsp3) is 0.895. The van der Waals surface area contributed by atoms with Gasteiger partial charge in [0.2, 0.25) is 11.8 Å². The molecular weight excluding hydrogens is 316 g/mol. The van der Waals surface area contributed by atoms with Crippen LogP contribution in [0.4, 0.5) is 0 Å². The molecule has 2 atom stereocenters. The Morgan fingerprint density at radius 1 is 0.840 bits per heavy atom. The lowest BCUT2D eigenvalue weighted by molar-refractivity contribution is -0.141. The monoisotopic (exact) mass is 352 g/mol. The second-order valence-corrected chi connectivity index (χ2v) is 8.14. The SMILES string of the molecule is CC(C)N(C(=O)[C@H](C)N1CCN([C@H](C)C(=O)NC2CC2)CC1)C(C)C. The summed E-state index contributed by atoms with van der Waals surface area (Å²) in [5, 5.41) is 3.09. The minimum Gasteiger partial charge on any atom is -0.352 e. The Morgan fingerprint density at radius 3 is 1.68 bits per heavy atom. The van der Waals surface area contributed by atoms with Gasteiger partial charge in [0.1, 0.15) is 0 Å². The first kappa shape index (κ1) is 20.2. The van der Waals surface area contributed by atoms with Crippen LogP contribution in [0.1, 0.15) is 54.4 Å². The number of carbonyl (C=O) groups excluding carboxylic acids is 2. The van der Waals surface area contributed by atoms with E-state index in [4.69, 9.17) is 0 Å². The van der Waals surface area contributed by atoms with Crippen LogP contribution in [0.15, 0.2) is 0 Å². The zero-order valence-corrected chi connectivity index (χ0v) is 16.8. The van der Waals surface area contributed by atoms with Gasteiger partial charge in [0, 0.05) is 44.3 Å². The number of amides is 2. The largest absolute Gasteiger partial charge is 0.352 e. The van der Waals surface area contributed by atoms with Crippen LogP contribution < -0.4 is 5.32 Å². The van der Waals surface area contributed by atoms with Crippen LogP contribution in [0.25, 0.3) is 0 Å². The number of nitrogens with zero attached hydrogens (tertiary/aromatic N) is 3. The van der Waals surface area contributed by atoms with E-state index in [-0.39, 0.29) is 36.0 Å². The molecule has 2 aliphatic rings. The molecule has 1 aliphatic carbocycles. The van der Waals surface area contributed by atoms with Crippen molar-refractivity contribution < 1.29 is 9.59 Å². The van der Waals surface area contributed by atoms with Crippen molar-refractivity contribution in [1.82, 2.24) is 20.0 Å². The summed E-state index contributed by atoms with van der Waals surface area (Å²) in [4.78, 5) is 31.6. The molecule has 1 N–H and O–H groups in total. The summed E-state index contributed by atoms with van der Waals surface area (Å²) in [6, 6.07) is 0.635. The summed E-state index contributed by atoms with van der Waals surface area (Å²) in [5.41, 5.74) is 0. The molecule has 0 spiro atoms. The van der Waals surface area contributed by atoms with Crippen molar-refractivity contribution in [3.8, 4) is 0 Å². The van der Waals surface area contributed by atoms with Crippen molar-refractivity contribution in [2.45, 2.75) is 84.6 Å². The Hall–Kier alpha value is -1.14. The molecule has 1 saturated carbocycles. The van der Waals surface area contributed by atoms with E-state index in [1.807, 2.05) is 18.7 Å². The van der Waals surface area contributed by atoms with Crippen LogP contribution in [0.5, 0.6) is 0 Å².